The van der Waals surface area contributed by atoms with Crippen LogP contribution < -0.4 is 15.2 Å². The quantitative estimate of drug-likeness (QED) is 0.873. The van der Waals surface area contributed by atoms with E-state index in [0.29, 0.717) is 12.1 Å². The summed E-state index contributed by atoms with van der Waals surface area (Å²) >= 11 is 4.04. The second-order valence-corrected chi connectivity index (χ2v) is 5.02. The van der Waals surface area contributed by atoms with E-state index >= 15 is 0 Å². The van der Waals surface area contributed by atoms with Crippen LogP contribution in [0.5, 0.6) is 5.75 Å². The van der Waals surface area contributed by atoms with Crippen molar-refractivity contribution >= 4 is 34.2 Å². The third-order valence-corrected chi connectivity index (χ3v) is 2.91. The molecular weight excluding hydrogens is 323 g/mol. The standard InChI is InChI=1S/C8H6F3N3O4S2/c9-8(10,11)18-6-2-1-4(20(12,16)17)3-5(6)13-7(15)14-19/h1-3H,(H,13,15)(H2,12,16,17). The molecule has 0 aromatic heterocycles. The first-order valence-electron chi connectivity index (χ1n) is 4.60. The molecule has 3 N–H and O–H groups in total. The van der Waals surface area contributed by atoms with Crippen molar-refractivity contribution in [3.8, 4) is 5.75 Å². The number of nitrogens with zero attached hydrogens (tertiary/aromatic N) is 1. The van der Waals surface area contributed by atoms with Crippen molar-refractivity contribution in [3.63, 3.8) is 0 Å². The maximum atomic E-state index is 12.2. The van der Waals surface area contributed by atoms with Crippen LogP contribution in [0.3, 0.4) is 0 Å². The van der Waals surface area contributed by atoms with Gasteiger partial charge in [-0.1, -0.05) is 0 Å². The summed E-state index contributed by atoms with van der Waals surface area (Å²) in [4.78, 5) is 10.4. The van der Waals surface area contributed by atoms with Crippen molar-refractivity contribution in [2.24, 2.45) is 9.50 Å². The summed E-state index contributed by atoms with van der Waals surface area (Å²) in [7, 11) is -4.17. The number of urea groups is 1. The number of nitrogens with two attached hydrogens (primary N) is 1. The van der Waals surface area contributed by atoms with E-state index in [0.717, 1.165) is 6.07 Å². The zero-order valence-corrected chi connectivity index (χ0v) is 11.0. The topological polar surface area (TPSA) is 111 Å². The monoisotopic (exact) mass is 329 g/mol. The van der Waals surface area contributed by atoms with Gasteiger partial charge in [-0.25, -0.2) is 18.4 Å². The highest BCUT2D eigenvalue weighted by atomic mass is 32.2. The molecule has 1 aromatic carbocycles. The zero-order valence-electron chi connectivity index (χ0n) is 9.34. The fourth-order valence-electron chi connectivity index (χ4n) is 1.14. The lowest BCUT2D eigenvalue weighted by atomic mass is 10.3. The Kier molecular flexibility index (Phi) is 4.62. The first-order chi connectivity index (χ1) is 9.03. The highest BCUT2D eigenvalue weighted by molar-refractivity contribution is 7.89. The van der Waals surface area contributed by atoms with Crippen LogP contribution in [0, 0.1) is 0 Å². The number of halogens is 3. The van der Waals surface area contributed by atoms with Gasteiger partial charge in [0.2, 0.25) is 10.0 Å². The average Bonchev–Trinajstić information content (AvgIpc) is 2.28. The Balaban J connectivity index is 3.30. The molecule has 0 saturated heterocycles. The molecule has 0 aliphatic carbocycles. The van der Waals surface area contributed by atoms with Gasteiger partial charge >= 0.3 is 12.4 Å². The SMILES string of the molecule is NS(=O)(=O)c1ccc(OC(F)(F)F)c(NC(=O)N=S)c1. The fourth-order valence-corrected chi connectivity index (χ4v) is 1.72. The lowest BCUT2D eigenvalue weighted by Crippen LogP contribution is -2.19. The number of hydrogen-bond acceptors (Lipinski definition) is 5. The average molecular weight is 329 g/mol. The fraction of sp³-hybridized carbons (Fsp3) is 0.125. The summed E-state index contributed by atoms with van der Waals surface area (Å²) in [6.45, 7) is 0. The number of benzene rings is 1. The predicted molar refractivity (Wildman–Crippen MR) is 63.3 cm³/mol. The van der Waals surface area contributed by atoms with Crippen LogP contribution in [0.2, 0.25) is 0 Å². The predicted octanol–water partition coefficient (Wildman–Crippen LogP) is 1.49. The maximum Gasteiger partial charge on any atom is 0.573 e. The molecule has 0 aliphatic heterocycles. The Bertz CT molecular complexity index is 645. The Labute approximate surface area is 116 Å². The number of anilines is 1. The van der Waals surface area contributed by atoms with E-state index in [9.17, 15) is 26.4 Å². The molecule has 1 rings (SSSR count). The number of hydrogen-bond donors (Lipinski definition) is 2. The third kappa shape index (κ3) is 4.71. The number of amides is 2. The molecule has 0 bridgehead atoms. The summed E-state index contributed by atoms with van der Waals surface area (Å²) < 4.78 is 65.0. The van der Waals surface area contributed by atoms with E-state index in [-0.39, 0.29) is 0 Å². The molecule has 0 radical (unpaired) electrons. The largest absolute Gasteiger partial charge is 0.573 e. The van der Waals surface area contributed by atoms with E-state index in [1.807, 2.05) is 5.32 Å². The molecular formula is C8H6F3N3O4S2. The normalized spacial score (nSPS) is 11.8. The van der Waals surface area contributed by atoms with Crippen molar-refractivity contribution < 1.29 is 31.1 Å². The Morgan fingerprint density at radius 3 is 2.45 bits per heavy atom. The smallest absolute Gasteiger partial charge is 0.404 e. The maximum absolute atomic E-state index is 12.2. The first-order valence-corrected chi connectivity index (χ1v) is 6.51. The molecule has 1 aromatic rings. The highest BCUT2D eigenvalue weighted by Gasteiger charge is 2.32. The number of carbonyl (C=O) groups excluding carboxylic acids is 1. The zero-order chi connectivity index (χ0) is 15.6. The molecule has 0 aliphatic rings. The van der Waals surface area contributed by atoms with Crippen LogP contribution in [-0.4, -0.2) is 20.8 Å². The molecule has 20 heavy (non-hydrogen) atoms. The van der Waals surface area contributed by atoms with Gasteiger partial charge in [0.15, 0.2) is 5.75 Å². The molecule has 7 nitrogen and oxygen atoms in total. The Hall–Kier alpha value is -1.79. The summed E-state index contributed by atoms with van der Waals surface area (Å²) in [5, 5.41) is 6.66. The van der Waals surface area contributed by atoms with Crippen molar-refractivity contribution in [2.75, 3.05) is 5.32 Å². The van der Waals surface area contributed by atoms with Crippen LogP contribution in [0.1, 0.15) is 0 Å². The van der Waals surface area contributed by atoms with Crippen molar-refractivity contribution in [2.45, 2.75) is 11.3 Å². The van der Waals surface area contributed by atoms with Crippen LogP contribution in [0.15, 0.2) is 27.5 Å². The molecule has 2 amide bonds. The van der Waals surface area contributed by atoms with Crippen molar-refractivity contribution in [3.05, 3.63) is 18.2 Å². The number of alkyl halides is 3. The van der Waals surface area contributed by atoms with Gasteiger partial charge in [0, 0.05) is 12.4 Å². The molecule has 0 atom stereocenters. The number of sulfonamides is 1. The number of ether oxygens (including phenoxy) is 1. The minimum Gasteiger partial charge on any atom is -0.404 e. The van der Waals surface area contributed by atoms with E-state index in [2.05, 4.69) is 21.5 Å². The molecule has 110 valence electrons. The summed E-state index contributed by atoms with van der Waals surface area (Å²) in [5.74, 6) is -0.836. The van der Waals surface area contributed by atoms with Gasteiger partial charge in [-0.2, -0.15) is 0 Å². The summed E-state index contributed by atoms with van der Waals surface area (Å²) in [5.41, 5.74) is -0.590. The number of nitrogens with one attached hydrogen (secondary N) is 1. The van der Waals surface area contributed by atoms with Gasteiger partial charge in [0.25, 0.3) is 0 Å². The minimum atomic E-state index is -5.03. The highest BCUT2D eigenvalue weighted by Crippen LogP contribution is 2.32. The van der Waals surface area contributed by atoms with Gasteiger partial charge < -0.3 is 10.1 Å². The molecule has 0 saturated carbocycles. The van der Waals surface area contributed by atoms with Crippen LogP contribution in [0.4, 0.5) is 23.7 Å². The van der Waals surface area contributed by atoms with Crippen molar-refractivity contribution in [1.82, 2.24) is 0 Å². The molecule has 0 unspecified atom stereocenters. The van der Waals surface area contributed by atoms with Gasteiger partial charge in [-0.15, -0.1) is 17.5 Å². The summed E-state index contributed by atoms with van der Waals surface area (Å²) in [6.07, 6.45) is -5.03. The number of primary sulfonamides is 1. The summed E-state index contributed by atoms with van der Waals surface area (Å²) in [6, 6.07) is 0.997. The first kappa shape index (κ1) is 16.3. The lowest BCUT2D eigenvalue weighted by molar-refractivity contribution is -0.274. The van der Waals surface area contributed by atoms with E-state index < -0.39 is 38.7 Å². The third-order valence-electron chi connectivity index (χ3n) is 1.83. The lowest BCUT2D eigenvalue weighted by Gasteiger charge is -2.13. The van der Waals surface area contributed by atoms with Gasteiger partial charge in [-0.3, -0.25) is 0 Å². The number of rotatable bonds is 3. The van der Waals surface area contributed by atoms with Gasteiger partial charge in [0.1, 0.15) is 0 Å². The number of carbonyl (C=O) groups is 1. The minimum absolute atomic E-state index is 0.522. The second-order valence-electron chi connectivity index (χ2n) is 3.27. The molecule has 12 heteroatoms. The van der Waals surface area contributed by atoms with Crippen molar-refractivity contribution in [1.29, 1.82) is 0 Å². The molecule has 0 spiro atoms. The Morgan fingerprint density at radius 2 is 2.00 bits per heavy atom. The van der Waals surface area contributed by atoms with Crippen LogP contribution in [0.25, 0.3) is 0 Å². The Morgan fingerprint density at radius 1 is 1.40 bits per heavy atom. The van der Waals surface area contributed by atoms with Crippen LogP contribution in [-0.2, 0) is 22.4 Å². The van der Waals surface area contributed by atoms with Gasteiger partial charge in [0.05, 0.1) is 10.6 Å². The van der Waals surface area contributed by atoms with E-state index in [4.69, 9.17) is 5.14 Å². The second kappa shape index (κ2) is 5.68. The van der Waals surface area contributed by atoms with E-state index in [1.165, 1.54) is 0 Å². The van der Waals surface area contributed by atoms with Gasteiger partial charge in [-0.05, 0) is 18.2 Å². The van der Waals surface area contributed by atoms with E-state index in [1.54, 1.807) is 0 Å². The molecule has 0 fully saturated rings. The molecule has 0 heterocycles. The van der Waals surface area contributed by atoms with Crippen LogP contribution >= 0.6 is 0 Å².